The summed E-state index contributed by atoms with van der Waals surface area (Å²) in [4.78, 5) is 21.0. The van der Waals surface area contributed by atoms with Gasteiger partial charge in [-0.2, -0.15) is 0 Å². The molecule has 0 rings (SSSR count). The Bertz CT molecular complexity index is 256. The van der Waals surface area contributed by atoms with Crippen molar-refractivity contribution in [1.82, 2.24) is 0 Å². The molecule has 0 aromatic rings. The molecule has 0 amide bonds. The lowest BCUT2D eigenvalue weighted by molar-refractivity contribution is -0.137. The van der Waals surface area contributed by atoms with Gasteiger partial charge in [0.1, 0.15) is 0 Å². The molecule has 0 fully saturated rings. The van der Waals surface area contributed by atoms with E-state index in [0.717, 1.165) is 25.7 Å². The summed E-state index contributed by atoms with van der Waals surface area (Å²) < 4.78 is 0. The van der Waals surface area contributed by atoms with Gasteiger partial charge in [-0.25, -0.2) is 4.79 Å². The van der Waals surface area contributed by atoms with Crippen LogP contribution in [0.1, 0.15) is 51.9 Å². The van der Waals surface area contributed by atoms with E-state index in [1.807, 2.05) is 6.92 Å². The van der Waals surface area contributed by atoms with Crippen LogP contribution in [0, 0.1) is 0 Å². The zero-order valence-corrected chi connectivity index (χ0v) is 9.74. The van der Waals surface area contributed by atoms with Crippen LogP contribution in [0.25, 0.3) is 0 Å². The number of unbranched alkanes of at least 4 members (excludes halogenated alkanes) is 3. The number of carbonyl (C=O) groups is 2. The first kappa shape index (κ1) is 14.7. The minimum absolute atomic E-state index is 0.205. The number of aliphatic carboxylic acids is 2. The molecule has 4 nitrogen and oxygen atoms in total. The van der Waals surface area contributed by atoms with Crippen molar-refractivity contribution in [2.45, 2.75) is 51.9 Å². The van der Waals surface area contributed by atoms with Crippen molar-refractivity contribution < 1.29 is 19.8 Å². The summed E-state index contributed by atoms with van der Waals surface area (Å²) in [5, 5.41) is 17.2. The molecule has 0 saturated carbocycles. The fourth-order valence-corrected chi connectivity index (χ4v) is 1.49. The Morgan fingerprint density at radius 1 is 1.00 bits per heavy atom. The Morgan fingerprint density at radius 2 is 1.56 bits per heavy atom. The molecule has 0 spiro atoms. The minimum Gasteiger partial charge on any atom is -0.481 e. The van der Waals surface area contributed by atoms with E-state index in [4.69, 9.17) is 10.2 Å². The molecule has 0 saturated heterocycles. The van der Waals surface area contributed by atoms with Gasteiger partial charge < -0.3 is 10.2 Å². The zero-order valence-electron chi connectivity index (χ0n) is 9.74. The summed E-state index contributed by atoms with van der Waals surface area (Å²) in [6.07, 6.45) is 6.49. The first-order chi connectivity index (χ1) is 7.57. The third-order valence-electron chi connectivity index (χ3n) is 2.31. The second-order valence-electron chi connectivity index (χ2n) is 3.75. The van der Waals surface area contributed by atoms with Crippen LogP contribution in [-0.4, -0.2) is 22.2 Å². The highest BCUT2D eigenvalue weighted by atomic mass is 16.4. The predicted molar refractivity (Wildman–Crippen MR) is 61.3 cm³/mol. The monoisotopic (exact) mass is 228 g/mol. The van der Waals surface area contributed by atoms with Crippen LogP contribution >= 0.6 is 0 Å². The number of hydrogen-bond donors (Lipinski definition) is 2. The Morgan fingerprint density at radius 3 is 2.00 bits per heavy atom. The summed E-state index contributed by atoms with van der Waals surface area (Å²) >= 11 is 0. The van der Waals surface area contributed by atoms with E-state index in [1.54, 1.807) is 6.08 Å². The molecule has 4 heteroatoms. The van der Waals surface area contributed by atoms with E-state index in [2.05, 4.69) is 0 Å². The SMILES string of the molecule is CCC=C(CCCCCCC(=O)O)C(=O)O. The molecule has 0 atom stereocenters. The first-order valence-corrected chi connectivity index (χ1v) is 5.72. The van der Waals surface area contributed by atoms with Crippen molar-refractivity contribution in [1.29, 1.82) is 0 Å². The van der Waals surface area contributed by atoms with Gasteiger partial charge in [-0.05, 0) is 25.7 Å². The van der Waals surface area contributed by atoms with Crippen LogP contribution < -0.4 is 0 Å². The lowest BCUT2D eigenvalue weighted by Gasteiger charge is -2.02. The Kier molecular flexibility index (Phi) is 8.21. The molecule has 92 valence electrons. The van der Waals surface area contributed by atoms with Gasteiger partial charge in [-0.1, -0.05) is 25.8 Å². The number of allylic oxidation sites excluding steroid dienone is 1. The Balaban J connectivity index is 3.60. The third kappa shape index (κ3) is 8.03. The van der Waals surface area contributed by atoms with Crippen LogP contribution in [0.15, 0.2) is 11.6 Å². The molecule has 0 unspecified atom stereocenters. The fraction of sp³-hybridized carbons (Fsp3) is 0.667. The Labute approximate surface area is 96.0 Å². The predicted octanol–water partition coefficient (Wildman–Crippen LogP) is 2.83. The van der Waals surface area contributed by atoms with Crippen LogP contribution in [0.4, 0.5) is 0 Å². The van der Waals surface area contributed by atoms with Gasteiger partial charge in [-0.3, -0.25) is 4.79 Å². The van der Waals surface area contributed by atoms with Gasteiger partial charge >= 0.3 is 11.9 Å². The minimum atomic E-state index is -0.840. The number of rotatable bonds is 9. The van der Waals surface area contributed by atoms with E-state index < -0.39 is 11.9 Å². The molecular weight excluding hydrogens is 208 g/mol. The third-order valence-corrected chi connectivity index (χ3v) is 2.31. The van der Waals surface area contributed by atoms with E-state index in [9.17, 15) is 9.59 Å². The maximum Gasteiger partial charge on any atom is 0.331 e. The lowest BCUT2D eigenvalue weighted by Crippen LogP contribution is -2.00. The average Bonchev–Trinajstić information content (AvgIpc) is 2.20. The molecule has 0 radical (unpaired) electrons. The van der Waals surface area contributed by atoms with Gasteiger partial charge in [0, 0.05) is 12.0 Å². The summed E-state index contributed by atoms with van der Waals surface area (Å²) in [5.41, 5.74) is 0.473. The van der Waals surface area contributed by atoms with Crippen molar-refractivity contribution in [2.24, 2.45) is 0 Å². The molecule has 0 aliphatic rings. The van der Waals surface area contributed by atoms with Crippen molar-refractivity contribution in [3.8, 4) is 0 Å². The van der Waals surface area contributed by atoms with Crippen LogP contribution in [-0.2, 0) is 9.59 Å². The second kappa shape index (κ2) is 8.95. The quantitative estimate of drug-likeness (QED) is 0.470. The first-order valence-electron chi connectivity index (χ1n) is 5.72. The highest BCUT2D eigenvalue weighted by Crippen LogP contribution is 2.12. The largest absolute Gasteiger partial charge is 0.481 e. The number of carboxylic acids is 2. The zero-order chi connectivity index (χ0) is 12.4. The van der Waals surface area contributed by atoms with Crippen LogP contribution in [0.2, 0.25) is 0 Å². The van der Waals surface area contributed by atoms with Gasteiger partial charge in [0.05, 0.1) is 0 Å². The summed E-state index contributed by atoms with van der Waals surface area (Å²) in [7, 11) is 0. The van der Waals surface area contributed by atoms with Crippen molar-refractivity contribution in [2.75, 3.05) is 0 Å². The lowest BCUT2D eigenvalue weighted by atomic mass is 10.0. The summed E-state index contributed by atoms with van der Waals surface area (Å²) in [5.74, 6) is -1.61. The van der Waals surface area contributed by atoms with Gasteiger partial charge in [0.2, 0.25) is 0 Å². The maximum absolute atomic E-state index is 10.8. The van der Waals surface area contributed by atoms with Crippen molar-refractivity contribution in [3.63, 3.8) is 0 Å². The van der Waals surface area contributed by atoms with E-state index in [1.165, 1.54) is 0 Å². The van der Waals surface area contributed by atoms with Crippen LogP contribution in [0.3, 0.4) is 0 Å². The topological polar surface area (TPSA) is 74.6 Å². The molecule has 16 heavy (non-hydrogen) atoms. The van der Waals surface area contributed by atoms with E-state index in [-0.39, 0.29) is 6.42 Å². The molecule has 0 bridgehead atoms. The summed E-state index contributed by atoms with van der Waals surface area (Å²) in [6, 6.07) is 0. The molecule has 2 N–H and O–H groups in total. The van der Waals surface area contributed by atoms with Crippen molar-refractivity contribution in [3.05, 3.63) is 11.6 Å². The van der Waals surface area contributed by atoms with Crippen LogP contribution in [0.5, 0.6) is 0 Å². The van der Waals surface area contributed by atoms with E-state index in [0.29, 0.717) is 18.4 Å². The number of hydrogen-bond acceptors (Lipinski definition) is 2. The molecule has 0 aromatic heterocycles. The normalized spacial score (nSPS) is 11.4. The van der Waals surface area contributed by atoms with Crippen molar-refractivity contribution >= 4 is 11.9 Å². The van der Waals surface area contributed by atoms with Gasteiger partial charge in [0.15, 0.2) is 0 Å². The number of carboxylic acid groups (broad SMARTS) is 2. The highest BCUT2D eigenvalue weighted by Gasteiger charge is 2.05. The standard InChI is InChI=1S/C12H20O4/c1-2-7-10(12(15)16)8-5-3-4-6-9-11(13)14/h7H,2-6,8-9H2,1H3,(H,13,14)(H,15,16). The van der Waals surface area contributed by atoms with E-state index >= 15 is 0 Å². The average molecular weight is 228 g/mol. The second-order valence-corrected chi connectivity index (χ2v) is 3.75. The maximum atomic E-state index is 10.8. The van der Waals surface area contributed by atoms with Gasteiger partial charge in [-0.15, -0.1) is 0 Å². The Hall–Kier alpha value is -1.32. The fourth-order valence-electron chi connectivity index (χ4n) is 1.49. The summed E-state index contributed by atoms with van der Waals surface area (Å²) in [6.45, 7) is 1.91. The molecule has 0 aromatic carbocycles. The molecule has 0 heterocycles. The molecule has 0 aliphatic carbocycles. The molecular formula is C12H20O4. The molecule has 0 aliphatic heterocycles. The smallest absolute Gasteiger partial charge is 0.331 e. The van der Waals surface area contributed by atoms with Gasteiger partial charge in [0.25, 0.3) is 0 Å². The highest BCUT2D eigenvalue weighted by molar-refractivity contribution is 5.86.